The van der Waals surface area contributed by atoms with Gasteiger partial charge in [-0.25, -0.2) is 14.6 Å². The molecule has 0 spiro atoms. The Kier molecular flexibility index (Phi) is 4.87. The highest BCUT2D eigenvalue weighted by atomic mass is 35.5. The smallest absolute Gasteiger partial charge is 0.245 e. The molecule has 23 heavy (non-hydrogen) atoms. The molecule has 0 saturated heterocycles. The number of benzene rings is 1. The third-order valence-electron chi connectivity index (χ3n) is 3.27. The van der Waals surface area contributed by atoms with Crippen LogP contribution in [-0.2, 0) is 0 Å². The first kappa shape index (κ1) is 15.5. The van der Waals surface area contributed by atoms with Crippen molar-refractivity contribution < 1.29 is 4.63 Å². The first-order valence-electron chi connectivity index (χ1n) is 7.53. The maximum Gasteiger partial charge on any atom is 0.245 e. The topological polar surface area (TPSA) is 88.8 Å². The van der Waals surface area contributed by atoms with Crippen molar-refractivity contribution in [2.45, 2.75) is 26.2 Å². The van der Waals surface area contributed by atoms with Gasteiger partial charge in [-0.2, -0.15) is 0 Å². The third-order valence-corrected chi connectivity index (χ3v) is 3.51. The predicted octanol–water partition coefficient (Wildman–Crippen LogP) is 4.01. The Balaban J connectivity index is 1.86. The van der Waals surface area contributed by atoms with Gasteiger partial charge < -0.3 is 10.6 Å². The summed E-state index contributed by atoms with van der Waals surface area (Å²) in [4.78, 5) is 8.83. The summed E-state index contributed by atoms with van der Waals surface area (Å²) in [7, 11) is 0. The molecule has 3 aromatic rings. The van der Waals surface area contributed by atoms with Gasteiger partial charge in [0, 0.05) is 17.3 Å². The Morgan fingerprint density at radius 1 is 1.09 bits per heavy atom. The number of anilines is 3. The summed E-state index contributed by atoms with van der Waals surface area (Å²) < 4.78 is 4.69. The van der Waals surface area contributed by atoms with Crippen LogP contribution in [0.3, 0.4) is 0 Å². The van der Waals surface area contributed by atoms with Crippen molar-refractivity contribution in [3.05, 3.63) is 29.3 Å². The number of rotatable bonds is 7. The van der Waals surface area contributed by atoms with E-state index in [-0.39, 0.29) is 0 Å². The van der Waals surface area contributed by atoms with E-state index in [0.29, 0.717) is 28.0 Å². The fourth-order valence-corrected chi connectivity index (χ4v) is 2.32. The highest BCUT2D eigenvalue weighted by Gasteiger charge is 2.12. The molecule has 0 aliphatic heterocycles. The monoisotopic (exact) mass is 332 g/mol. The molecule has 7 nitrogen and oxygen atoms in total. The first-order valence-corrected chi connectivity index (χ1v) is 7.91. The van der Waals surface area contributed by atoms with Crippen LogP contribution in [0.2, 0.25) is 5.02 Å². The van der Waals surface area contributed by atoms with Gasteiger partial charge in [-0.05, 0) is 34.9 Å². The Hall–Kier alpha value is -2.41. The van der Waals surface area contributed by atoms with E-state index >= 15 is 0 Å². The molecule has 0 saturated carbocycles. The molecule has 0 unspecified atom stereocenters. The molecule has 2 aromatic heterocycles. The Morgan fingerprint density at radius 2 is 1.87 bits per heavy atom. The van der Waals surface area contributed by atoms with Crippen LogP contribution < -0.4 is 10.6 Å². The average molecular weight is 333 g/mol. The van der Waals surface area contributed by atoms with E-state index in [1.165, 1.54) is 0 Å². The Labute approximate surface area is 138 Å². The molecule has 0 aliphatic rings. The number of halogens is 1. The van der Waals surface area contributed by atoms with Crippen molar-refractivity contribution in [1.29, 1.82) is 0 Å². The largest absolute Gasteiger partial charge is 0.367 e. The highest BCUT2D eigenvalue weighted by Crippen LogP contribution is 2.25. The minimum Gasteiger partial charge on any atom is -0.367 e. The van der Waals surface area contributed by atoms with Crippen LogP contribution in [0.5, 0.6) is 0 Å². The Bertz CT molecular complexity index is 790. The zero-order chi connectivity index (χ0) is 16.1. The van der Waals surface area contributed by atoms with Crippen LogP contribution >= 0.6 is 11.6 Å². The zero-order valence-electron chi connectivity index (χ0n) is 12.7. The van der Waals surface area contributed by atoms with Crippen LogP contribution in [0.15, 0.2) is 28.9 Å². The van der Waals surface area contributed by atoms with Gasteiger partial charge in [-0.15, -0.1) is 0 Å². The lowest BCUT2D eigenvalue weighted by Crippen LogP contribution is -2.08. The minimum atomic E-state index is 0.355. The summed E-state index contributed by atoms with van der Waals surface area (Å²) in [6, 6.07) is 7.39. The van der Waals surface area contributed by atoms with Crippen molar-refractivity contribution >= 4 is 40.2 Å². The number of nitrogens with one attached hydrogen (secondary N) is 2. The van der Waals surface area contributed by atoms with Gasteiger partial charge in [-0.3, -0.25) is 0 Å². The number of hydrogen-bond donors (Lipinski definition) is 2. The van der Waals surface area contributed by atoms with Crippen LogP contribution in [-0.4, -0.2) is 26.8 Å². The number of unbranched alkanes of at least 4 members (excludes halogenated alkanes) is 2. The lowest BCUT2D eigenvalue weighted by atomic mass is 10.2. The second-order valence-electron chi connectivity index (χ2n) is 5.10. The van der Waals surface area contributed by atoms with Crippen molar-refractivity contribution in [3.8, 4) is 0 Å². The van der Waals surface area contributed by atoms with Crippen LogP contribution in [0.25, 0.3) is 11.3 Å². The van der Waals surface area contributed by atoms with Crippen molar-refractivity contribution in [1.82, 2.24) is 20.3 Å². The molecule has 2 N–H and O–H groups in total. The zero-order valence-corrected chi connectivity index (χ0v) is 13.5. The predicted molar refractivity (Wildman–Crippen MR) is 90.1 cm³/mol. The molecular formula is C15H17ClN6O. The number of hydrogen-bond acceptors (Lipinski definition) is 7. The summed E-state index contributed by atoms with van der Waals surface area (Å²) in [5.74, 6) is 1.18. The van der Waals surface area contributed by atoms with E-state index in [2.05, 4.69) is 42.5 Å². The van der Waals surface area contributed by atoms with Crippen molar-refractivity contribution in [2.24, 2.45) is 0 Å². The van der Waals surface area contributed by atoms with E-state index in [1.807, 2.05) is 24.3 Å². The lowest BCUT2D eigenvalue weighted by Gasteiger charge is -2.11. The molecule has 3 rings (SSSR count). The molecule has 2 heterocycles. The summed E-state index contributed by atoms with van der Waals surface area (Å²) in [5, 5.41) is 14.6. The quantitative estimate of drug-likeness (QED) is 0.632. The normalized spacial score (nSPS) is 10.9. The van der Waals surface area contributed by atoms with Gasteiger partial charge in [0.2, 0.25) is 11.3 Å². The molecule has 8 heteroatoms. The van der Waals surface area contributed by atoms with Gasteiger partial charge in [0.25, 0.3) is 0 Å². The van der Waals surface area contributed by atoms with Crippen LogP contribution in [0.4, 0.5) is 17.3 Å². The molecular weight excluding hydrogens is 316 g/mol. The van der Waals surface area contributed by atoms with Gasteiger partial charge in [0.1, 0.15) is 0 Å². The Morgan fingerprint density at radius 3 is 2.61 bits per heavy atom. The van der Waals surface area contributed by atoms with Gasteiger partial charge in [-0.1, -0.05) is 37.4 Å². The van der Waals surface area contributed by atoms with Gasteiger partial charge in [0.05, 0.1) is 0 Å². The maximum atomic E-state index is 6.02. The summed E-state index contributed by atoms with van der Waals surface area (Å²) >= 11 is 6.02. The standard InChI is InChI=1S/C15H17ClN6O/c1-2-3-4-8-17-12-13(18-11-7-5-6-10(16)9-11)20-15-14(19-12)21-23-22-15/h5-7,9H,2-4,8H2,1H3,(H,17,19,21)(H,18,20,22). The number of fused-ring (bicyclic) bond motifs is 1. The van der Waals surface area contributed by atoms with Gasteiger partial charge >= 0.3 is 0 Å². The molecule has 0 aliphatic carbocycles. The van der Waals surface area contributed by atoms with E-state index in [4.69, 9.17) is 11.6 Å². The lowest BCUT2D eigenvalue weighted by molar-refractivity contribution is 0.314. The third kappa shape index (κ3) is 3.87. The van der Waals surface area contributed by atoms with Crippen molar-refractivity contribution in [2.75, 3.05) is 17.2 Å². The van der Waals surface area contributed by atoms with E-state index in [0.717, 1.165) is 31.5 Å². The molecule has 1 aromatic carbocycles. The summed E-state index contributed by atoms with van der Waals surface area (Å²) in [6.45, 7) is 2.97. The SMILES string of the molecule is CCCCCNc1nc2nonc2nc1Nc1cccc(Cl)c1. The highest BCUT2D eigenvalue weighted by molar-refractivity contribution is 6.30. The van der Waals surface area contributed by atoms with E-state index < -0.39 is 0 Å². The van der Waals surface area contributed by atoms with Crippen LogP contribution in [0, 0.1) is 0 Å². The second-order valence-corrected chi connectivity index (χ2v) is 5.54. The second kappa shape index (κ2) is 7.23. The van der Waals surface area contributed by atoms with E-state index in [9.17, 15) is 0 Å². The van der Waals surface area contributed by atoms with Gasteiger partial charge in [0.15, 0.2) is 11.6 Å². The number of aromatic nitrogens is 4. The first-order chi connectivity index (χ1) is 11.3. The molecule has 0 bridgehead atoms. The fourth-order valence-electron chi connectivity index (χ4n) is 2.13. The molecule has 0 amide bonds. The average Bonchev–Trinajstić information content (AvgIpc) is 2.99. The molecule has 0 fully saturated rings. The summed E-state index contributed by atoms with van der Waals surface area (Å²) in [6.07, 6.45) is 3.38. The summed E-state index contributed by atoms with van der Waals surface area (Å²) in [5.41, 5.74) is 1.55. The molecule has 0 radical (unpaired) electrons. The molecule has 120 valence electrons. The minimum absolute atomic E-state index is 0.355. The fraction of sp³-hybridized carbons (Fsp3) is 0.333. The van der Waals surface area contributed by atoms with Crippen LogP contribution in [0.1, 0.15) is 26.2 Å². The van der Waals surface area contributed by atoms with Crippen molar-refractivity contribution in [3.63, 3.8) is 0 Å². The number of nitrogens with zero attached hydrogens (tertiary/aromatic N) is 4. The maximum absolute atomic E-state index is 6.02. The van der Waals surface area contributed by atoms with E-state index in [1.54, 1.807) is 0 Å². The molecule has 0 atom stereocenters.